The summed E-state index contributed by atoms with van der Waals surface area (Å²) in [6, 6.07) is 10.2. The molecule has 0 unspecified atom stereocenters. The molecule has 0 atom stereocenters. The molecule has 82 valence electrons. The number of rotatable bonds is 2. The predicted molar refractivity (Wildman–Crippen MR) is 62.1 cm³/mol. The van der Waals surface area contributed by atoms with E-state index < -0.39 is 0 Å². The summed E-state index contributed by atoms with van der Waals surface area (Å²) >= 11 is 0. The van der Waals surface area contributed by atoms with Gasteiger partial charge in [-0.15, -0.1) is 0 Å². The molecule has 4 nitrogen and oxygen atoms in total. The molecule has 1 heterocycles. The largest absolute Gasteiger partial charge is 0.508 e. The standard InChI is InChI=1S/C12H12N2O2/c13-7-9-4-5-11(14-12(9)16)8-2-1-3-10(15)6-8/h1-6,15H,7,13H2,(H,14,16). The number of phenols is 1. The van der Waals surface area contributed by atoms with Crippen LogP contribution in [0.15, 0.2) is 41.2 Å². The van der Waals surface area contributed by atoms with Crippen molar-refractivity contribution in [3.8, 4) is 17.0 Å². The van der Waals surface area contributed by atoms with Gasteiger partial charge in [-0.2, -0.15) is 0 Å². The van der Waals surface area contributed by atoms with Crippen molar-refractivity contribution < 1.29 is 5.11 Å². The van der Waals surface area contributed by atoms with Crippen LogP contribution in [0.1, 0.15) is 5.56 Å². The summed E-state index contributed by atoms with van der Waals surface area (Å²) in [5.74, 6) is 0.168. The Morgan fingerprint density at radius 1 is 1.25 bits per heavy atom. The molecule has 4 N–H and O–H groups in total. The maximum absolute atomic E-state index is 11.5. The Hall–Kier alpha value is -2.07. The number of hydrogen-bond acceptors (Lipinski definition) is 3. The monoisotopic (exact) mass is 216 g/mol. The van der Waals surface area contributed by atoms with Crippen LogP contribution >= 0.6 is 0 Å². The molecule has 1 aromatic heterocycles. The first-order valence-electron chi connectivity index (χ1n) is 4.92. The molecule has 4 heteroatoms. The van der Waals surface area contributed by atoms with Gasteiger partial charge in [-0.25, -0.2) is 0 Å². The van der Waals surface area contributed by atoms with Crippen molar-refractivity contribution in [1.82, 2.24) is 4.98 Å². The third-order valence-corrected chi connectivity index (χ3v) is 2.37. The van der Waals surface area contributed by atoms with E-state index in [1.54, 1.807) is 30.3 Å². The van der Waals surface area contributed by atoms with Crippen molar-refractivity contribution in [2.75, 3.05) is 0 Å². The van der Waals surface area contributed by atoms with E-state index in [4.69, 9.17) is 5.73 Å². The third kappa shape index (κ3) is 1.97. The number of H-pyrrole nitrogens is 1. The molecule has 0 saturated heterocycles. The van der Waals surface area contributed by atoms with Gasteiger partial charge in [0.15, 0.2) is 0 Å². The molecular weight excluding hydrogens is 204 g/mol. The first-order valence-corrected chi connectivity index (χ1v) is 4.92. The molecule has 0 radical (unpaired) electrons. The first-order chi connectivity index (χ1) is 7.70. The lowest BCUT2D eigenvalue weighted by molar-refractivity contribution is 0.475. The van der Waals surface area contributed by atoms with E-state index >= 15 is 0 Å². The summed E-state index contributed by atoms with van der Waals surface area (Å²) in [4.78, 5) is 14.3. The topological polar surface area (TPSA) is 79.1 Å². The van der Waals surface area contributed by atoms with Gasteiger partial charge in [0.1, 0.15) is 5.75 Å². The van der Waals surface area contributed by atoms with Crippen LogP contribution in [0.25, 0.3) is 11.3 Å². The second-order valence-electron chi connectivity index (χ2n) is 3.48. The molecule has 0 aliphatic carbocycles. The van der Waals surface area contributed by atoms with Crippen molar-refractivity contribution in [2.24, 2.45) is 5.73 Å². The number of nitrogens with two attached hydrogens (primary N) is 1. The van der Waals surface area contributed by atoms with E-state index in [1.165, 1.54) is 0 Å². The Bertz CT molecular complexity index is 561. The number of hydrogen-bond donors (Lipinski definition) is 3. The highest BCUT2D eigenvalue weighted by Gasteiger charge is 2.02. The van der Waals surface area contributed by atoms with Gasteiger partial charge in [0.05, 0.1) is 0 Å². The number of phenolic OH excluding ortho intramolecular Hbond substituents is 1. The van der Waals surface area contributed by atoms with Gasteiger partial charge in [0, 0.05) is 23.4 Å². The SMILES string of the molecule is NCc1ccc(-c2cccc(O)c2)[nH]c1=O. The van der Waals surface area contributed by atoms with Crippen LogP contribution in [-0.2, 0) is 6.54 Å². The highest BCUT2D eigenvalue weighted by Crippen LogP contribution is 2.20. The van der Waals surface area contributed by atoms with Crippen molar-refractivity contribution >= 4 is 0 Å². The number of pyridine rings is 1. The maximum Gasteiger partial charge on any atom is 0.252 e. The highest BCUT2D eigenvalue weighted by atomic mass is 16.3. The maximum atomic E-state index is 11.5. The average molecular weight is 216 g/mol. The summed E-state index contributed by atoms with van der Waals surface area (Å²) < 4.78 is 0. The molecule has 0 aliphatic rings. The van der Waals surface area contributed by atoms with E-state index in [-0.39, 0.29) is 17.9 Å². The second kappa shape index (κ2) is 4.20. The minimum absolute atomic E-state index is 0.168. The number of aromatic amines is 1. The van der Waals surface area contributed by atoms with Crippen LogP contribution in [0.5, 0.6) is 5.75 Å². The quantitative estimate of drug-likeness (QED) is 0.705. The fourth-order valence-corrected chi connectivity index (χ4v) is 1.51. The molecule has 0 amide bonds. The van der Waals surface area contributed by atoms with Gasteiger partial charge in [-0.05, 0) is 18.2 Å². The highest BCUT2D eigenvalue weighted by molar-refractivity contribution is 5.60. The Balaban J connectivity index is 2.49. The van der Waals surface area contributed by atoms with Gasteiger partial charge in [-0.3, -0.25) is 4.79 Å². The molecule has 2 rings (SSSR count). The Morgan fingerprint density at radius 2 is 2.06 bits per heavy atom. The second-order valence-corrected chi connectivity index (χ2v) is 3.48. The number of nitrogens with one attached hydrogen (secondary N) is 1. The normalized spacial score (nSPS) is 10.3. The van der Waals surface area contributed by atoms with Crippen molar-refractivity contribution in [3.63, 3.8) is 0 Å². The lowest BCUT2D eigenvalue weighted by atomic mass is 10.1. The van der Waals surface area contributed by atoms with Crippen LogP contribution < -0.4 is 11.3 Å². The number of aromatic hydroxyl groups is 1. The number of benzene rings is 1. The molecule has 0 saturated carbocycles. The zero-order valence-corrected chi connectivity index (χ0v) is 8.60. The molecular formula is C12H12N2O2. The van der Waals surface area contributed by atoms with Gasteiger partial charge in [-0.1, -0.05) is 18.2 Å². The van der Waals surface area contributed by atoms with Crippen molar-refractivity contribution in [1.29, 1.82) is 0 Å². The zero-order chi connectivity index (χ0) is 11.5. The fraction of sp³-hybridized carbons (Fsp3) is 0.0833. The van der Waals surface area contributed by atoms with Gasteiger partial charge in [0.25, 0.3) is 5.56 Å². The van der Waals surface area contributed by atoms with Crippen LogP contribution in [0.2, 0.25) is 0 Å². The van der Waals surface area contributed by atoms with Crippen LogP contribution in [0, 0.1) is 0 Å². The molecule has 0 aliphatic heterocycles. The van der Waals surface area contributed by atoms with E-state index in [0.29, 0.717) is 11.3 Å². The molecule has 16 heavy (non-hydrogen) atoms. The summed E-state index contributed by atoms with van der Waals surface area (Å²) in [7, 11) is 0. The Morgan fingerprint density at radius 3 is 2.69 bits per heavy atom. The first kappa shape index (κ1) is 10.4. The molecule has 0 fully saturated rings. The van der Waals surface area contributed by atoms with E-state index in [0.717, 1.165) is 5.56 Å². The minimum atomic E-state index is -0.191. The predicted octanol–water partition coefficient (Wildman–Crippen LogP) is 1.21. The van der Waals surface area contributed by atoms with Crippen LogP contribution in [0.4, 0.5) is 0 Å². The van der Waals surface area contributed by atoms with Gasteiger partial charge < -0.3 is 15.8 Å². The lowest BCUT2D eigenvalue weighted by Crippen LogP contribution is -2.15. The van der Waals surface area contributed by atoms with Crippen LogP contribution in [-0.4, -0.2) is 10.1 Å². The lowest BCUT2D eigenvalue weighted by Gasteiger charge is -2.03. The van der Waals surface area contributed by atoms with Crippen LogP contribution in [0.3, 0.4) is 0 Å². The van der Waals surface area contributed by atoms with Crippen molar-refractivity contribution in [2.45, 2.75) is 6.54 Å². The average Bonchev–Trinajstić information content (AvgIpc) is 2.29. The van der Waals surface area contributed by atoms with E-state index in [9.17, 15) is 9.90 Å². The Labute approximate surface area is 92.4 Å². The molecule has 1 aromatic carbocycles. The summed E-state index contributed by atoms with van der Waals surface area (Å²) in [5, 5.41) is 9.33. The minimum Gasteiger partial charge on any atom is -0.508 e. The summed E-state index contributed by atoms with van der Waals surface area (Å²) in [6.07, 6.45) is 0. The fourth-order valence-electron chi connectivity index (χ4n) is 1.51. The molecule has 0 spiro atoms. The number of aromatic nitrogens is 1. The summed E-state index contributed by atoms with van der Waals surface area (Å²) in [5.41, 5.74) is 7.19. The van der Waals surface area contributed by atoms with E-state index in [2.05, 4.69) is 4.98 Å². The smallest absolute Gasteiger partial charge is 0.252 e. The van der Waals surface area contributed by atoms with Crippen molar-refractivity contribution in [3.05, 3.63) is 52.3 Å². The Kier molecular flexibility index (Phi) is 2.74. The van der Waals surface area contributed by atoms with E-state index in [1.807, 2.05) is 6.07 Å². The molecule has 0 bridgehead atoms. The van der Waals surface area contributed by atoms with Gasteiger partial charge >= 0.3 is 0 Å². The third-order valence-electron chi connectivity index (χ3n) is 2.37. The zero-order valence-electron chi connectivity index (χ0n) is 8.60. The van der Waals surface area contributed by atoms with Gasteiger partial charge in [0.2, 0.25) is 0 Å². The summed E-state index contributed by atoms with van der Waals surface area (Å²) in [6.45, 7) is 0.218. The molecule has 2 aromatic rings.